The number of carbonyl (C=O) groups excluding carboxylic acids is 2. The third kappa shape index (κ3) is 1.67. The van der Waals surface area contributed by atoms with E-state index in [1.54, 1.807) is 13.0 Å². The van der Waals surface area contributed by atoms with E-state index in [9.17, 15) is 19.8 Å². The second kappa shape index (κ2) is 4.74. The second-order valence-corrected chi connectivity index (χ2v) is 8.47. The average molecular weight is 346 g/mol. The molecule has 0 spiro atoms. The number of carbonyl (C=O) groups is 2. The van der Waals surface area contributed by atoms with Gasteiger partial charge in [0.05, 0.1) is 36.1 Å². The molecule has 7 atom stereocenters. The number of cyclic esters (lactones) is 1. The fraction of sp³-hybridized carbons (Fsp3) is 0.684. The van der Waals surface area contributed by atoms with Gasteiger partial charge in [-0.25, -0.2) is 0 Å². The first-order valence-electron chi connectivity index (χ1n) is 9.03. The number of rotatable bonds is 0. The van der Waals surface area contributed by atoms with E-state index in [4.69, 9.17) is 9.15 Å². The molecule has 0 radical (unpaired) electrons. The molecular formula is C19H22O6. The molecule has 3 fully saturated rings. The zero-order chi connectivity index (χ0) is 17.6. The van der Waals surface area contributed by atoms with E-state index in [2.05, 4.69) is 0 Å². The minimum atomic E-state index is -1.12. The molecule has 2 bridgehead atoms. The number of furan rings is 1. The van der Waals surface area contributed by atoms with E-state index in [0.29, 0.717) is 37.0 Å². The largest absolute Gasteiger partial charge is 0.468 e. The maximum absolute atomic E-state index is 12.6. The molecule has 25 heavy (non-hydrogen) atoms. The summed E-state index contributed by atoms with van der Waals surface area (Å²) in [6.07, 6.45) is 1.92. The SMILES string of the molecule is C[C@]12C(=O)OC[C@@]3(CC[C@@H]1O)[C@@H]1CC(=O)c4ccoc4[C@@H]1C[C@@H](O)[C@H]32. The first kappa shape index (κ1) is 15.6. The van der Waals surface area contributed by atoms with Crippen LogP contribution in [0.3, 0.4) is 0 Å². The number of fused-ring (bicyclic) bond motifs is 3. The number of hydrogen-bond acceptors (Lipinski definition) is 6. The fourth-order valence-electron chi connectivity index (χ4n) is 6.50. The van der Waals surface area contributed by atoms with Gasteiger partial charge in [0.25, 0.3) is 0 Å². The van der Waals surface area contributed by atoms with Gasteiger partial charge in [-0.2, -0.15) is 0 Å². The maximum atomic E-state index is 12.6. The molecule has 0 unspecified atom stereocenters. The van der Waals surface area contributed by atoms with E-state index in [1.165, 1.54) is 6.26 Å². The normalized spacial score (nSPS) is 48.2. The van der Waals surface area contributed by atoms with Crippen molar-refractivity contribution in [1.82, 2.24) is 0 Å². The fourth-order valence-corrected chi connectivity index (χ4v) is 6.50. The van der Waals surface area contributed by atoms with Gasteiger partial charge in [0.15, 0.2) is 5.78 Å². The third-order valence-electron chi connectivity index (χ3n) is 7.59. The number of Topliss-reactive ketones (excluding diaryl/α,β-unsaturated/α-hetero) is 1. The minimum Gasteiger partial charge on any atom is -0.468 e. The van der Waals surface area contributed by atoms with E-state index in [1.807, 2.05) is 0 Å². The van der Waals surface area contributed by atoms with E-state index in [0.717, 1.165) is 0 Å². The molecule has 0 aromatic carbocycles. The molecule has 1 aliphatic heterocycles. The molecular weight excluding hydrogens is 324 g/mol. The molecule has 134 valence electrons. The van der Waals surface area contributed by atoms with Gasteiger partial charge < -0.3 is 19.4 Å². The van der Waals surface area contributed by atoms with Gasteiger partial charge in [-0.1, -0.05) is 0 Å². The lowest BCUT2D eigenvalue weighted by Crippen LogP contribution is -2.70. The Hall–Kier alpha value is -1.66. The number of aliphatic hydroxyl groups excluding tert-OH is 2. The van der Waals surface area contributed by atoms with Crippen LogP contribution in [0.2, 0.25) is 0 Å². The van der Waals surface area contributed by atoms with Crippen LogP contribution in [-0.4, -0.2) is 40.8 Å². The highest BCUT2D eigenvalue weighted by Gasteiger charge is 2.71. The van der Waals surface area contributed by atoms with Crippen molar-refractivity contribution >= 4 is 11.8 Å². The highest BCUT2D eigenvalue weighted by molar-refractivity contribution is 5.98. The van der Waals surface area contributed by atoms with Gasteiger partial charge in [0.2, 0.25) is 0 Å². The third-order valence-corrected chi connectivity index (χ3v) is 7.59. The highest BCUT2D eigenvalue weighted by Crippen LogP contribution is 2.67. The summed E-state index contributed by atoms with van der Waals surface area (Å²) in [5.41, 5.74) is -0.979. The van der Waals surface area contributed by atoms with E-state index in [-0.39, 0.29) is 24.2 Å². The van der Waals surface area contributed by atoms with Gasteiger partial charge in [0, 0.05) is 23.7 Å². The zero-order valence-electron chi connectivity index (χ0n) is 14.1. The second-order valence-electron chi connectivity index (χ2n) is 8.47. The summed E-state index contributed by atoms with van der Waals surface area (Å²) in [5.74, 6) is -0.191. The van der Waals surface area contributed by atoms with Crippen molar-refractivity contribution in [2.75, 3.05) is 6.61 Å². The zero-order valence-corrected chi connectivity index (χ0v) is 14.1. The van der Waals surface area contributed by atoms with Gasteiger partial charge in [0.1, 0.15) is 5.76 Å². The monoisotopic (exact) mass is 346 g/mol. The summed E-state index contributed by atoms with van der Waals surface area (Å²) < 4.78 is 11.2. The standard InChI is InChI=1S/C19H22O6/c1-18-14(22)2-4-19(8-25-17(18)23)11-7-12(20)9-3-5-24-15(9)10(11)6-13(21)16(18)19/h3,5,10-11,13-14,16,21-22H,2,4,6-8H2,1H3/t10-,11-,13-,14+,16+,18+,19+/m1/s1. The number of esters is 1. The summed E-state index contributed by atoms with van der Waals surface area (Å²) in [4.78, 5) is 25.2. The van der Waals surface area contributed by atoms with Crippen LogP contribution >= 0.6 is 0 Å². The van der Waals surface area contributed by atoms with Crippen molar-refractivity contribution in [2.24, 2.45) is 22.7 Å². The summed E-state index contributed by atoms with van der Waals surface area (Å²) in [6, 6.07) is 1.71. The smallest absolute Gasteiger partial charge is 0.314 e. The average Bonchev–Trinajstić information content (AvgIpc) is 3.07. The summed E-state index contributed by atoms with van der Waals surface area (Å²) in [7, 11) is 0. The van der Waals surface area contributed by atoms with Crippen LogP contribution in [0, 0.1) is 22.7 Å². The Morgan fingerprint density at radius 1 is 1.28 bits per heavy atom. The summed E-state index contributed by atoms with van der Waals surface area (Å²) in [5, 5.41) is 21.6. The number of ketones is 1. The molecule has 4 aliphatic rings. The predicted octanol–water partition coefficient (Wildman–Crippen LogP) is 1.65. The van der Waals surface area contributed by atoms with Gasteiger partial charge in [-0.15, -0.1) is 0 Å². The lowest BCUT2D eigenvalue weighted by Gasteiger charge is -2.65. The first-order valence-corrected chi connectivity index (χ1v) is 9.03. The van der Waals surface area contributed by atoms with Crippen molar-refractivity contribution in [3.8, 4) is 0 Å². The molecule has 2 N–H and O–H groups in total. The summed E-state index contributed by atoms with van der Waals surface area (Å²) >= 11 is 0. The lowest BCUT2D eigenvalue weighted by molar-refractivity contribution is -0.257. The van der Waals surface area contributed by atoms with Crippen LogP contribution in [-0.2, 0) is 9.53 Å². The topological polar surface area (TPSA) is 97.0 Å². The lowest BCUT2D eigenvalue weighted by atomic mass is 9.41. The Labute approximate surface area is 145 Å². The van der Waals surface area contributed by atoms with Crippen LogP contribution in [0.4, 0.5) is 0 Å². The molecule has 0 amide bonds. The van der Waals surface area contributed by atoms with Crippen LogP contribution < -0.4 is 0 Å². The number of ether oxygens (including phenoxy) is 1. The minimum absolute atomic E-state index is 0.0352. The quantitative estimate of drug-likeness (QED) is 0.694. The van der Waals surface area contributed by atoms with E-state index < -0.39 is 34.9 Å². The molecule has 1 aromatic heterocycles. The van der Waals surface area contributed by atoms with Crippen LogP contribution in [0.25, 0.3) is 0 Å². The Balaban J connectivity index is 1.68. The molecule has 2 heterocycles. The molecule has 5 rings (SSSR count). The Kier molecular flexibility index (Phi) is 2.95. The Morgan fingerprint density at radius 2 is 2.08 bits per heavy atom. The molecule has 1 saturated heterocycles. The van der Waals surface area contributed by atoms with Gasteiger partial charge in [-0.3, -0.25) is 9.59 Å². The van der Waals surface area contributed by atoms with Gasteiger partial charge in [-0.05, 0) is 38.2 Å². The number of aliphatic hydroxyl groups is 2. The van der Waals surface area contributed by atoms with Crippen LogP contribution in [0.1, 0.15) is 54.6 Å². The van der Waals surface area contributed by atoms with Crippen molar-refractivity contribution in [3.63, 3.8) is 0 Å². The van der Waals surface area contributed by atoms with Crippen LogP contribution in [0.15, 0.2) is 16.7 Å². The van der Waals surface area contributed by atoms with Crippen molar-refractivity contribution < 1.29 is 29.0 Å². The molecule has 1 aromatic rings. The van der Waals surface area contributed by atoms with E-state index >= 15 is 0 Å². The first-order chi connectivity index (χ1) is 11.9. The predicted molar refractivity (Wildman–Crippen MR) is 84.7 cm³/mol. The van der Waals surface area contributed by atoms with Crippen molar-refractivity contribution in [3.05, 3.63) is 23.7 Å². The number of hydrogen-bond donors (Lipinski definition) is 2. The van der Waals surface area contributed by atoms with Crippen molar-refractivity contribution in [2.45, 2.75) is 50.7 Å². The molecule has 6 nitrogen and oxygen atoms in total. The van der Waals surface area contributed by atoms with Crippen molar-refractivity contribution in [1.29, 1.82) is 0 Å². The summed E-state index contributed by atoms with van der Waals surface area (Å²) in [6.45, 7) is 1.92. The van der Waals surface area contributed by atoms with Crippen LogP contribution in [0.5, 0.6) is 0 Å². The maximum Gasteiger partial charge on any atom is 0.314 e. The highest BCUT2D eigenvalue weighted by atomic mass is 16.5. The molecule has 6 heteroatoms. The molecule has 2 saturated carbocycles. The van der Waals surface area contributed by atoms with Gasteiger partial charge >= 0.3 is 5.97 Å². The molecule has 3 aliphatic carbocycles. The Bertz CT molecular complexity index is 768. The Morgan fingerprint density at radius 3 is 2.88 bits per heavy atom.